The smallest absolute Gasteiger partial charge is 0.306 e. The number of allylic oxidation sites excluding steroid dienone is 1. The van der Waals surface area contributed by atoms with Gasteiger partial charge in [-0.2, -0.15) is 0 Å². The molecule has 8 atom stereocenters. The molecule has 0 aromatic heterocycles. The first-order chi connectivity index (χ1) is 13.2. The maximum atomic E-state index is 11.7. The second-order valence-electron chi connectivity index (χ2n) is 10.6. The van der Waals surface area contributed by atoms with Crippen molar-refractivity contribution in [1.29, 1.82) is 0 Å². The zero-order valence-electron chi connectivity index (χ0n) is 17.9. The summed E-state index contributed by atoms with van der Waals surface area (Å²) in [5.41, 5.74) is 1.93. The molecule has 0 amide bonds. The van der Waals surface area contributed by atoms with Crippen LogP contribution in [0.3, 0.4) is 0 Å². The van der Waals surface area contributed by atoms with Crippen molar-refractivity contribution in [3.8, 4) is 0 Å². The molecule has 0 saturated heterocycles. The number of aliphatic carboxylic acids is 1. The van der Waals surface area contributed by atoms with Crippen LogP contribution in [0.4, 0.5) is 0 Å². The number of hydrogen-bond acceptors (Lipinski definition) is 3. The highest BCUT2D eigenvalue weighted by Gasteiger charge is 2.59. The normalized spacial score (nSPS) is 45.9. The molecule has 0 heterocycles. The predicted octanol–water partition coefficient (Wildman–Crippen LogP) is 5.22. The molecule has 28 heavy (non-hydrogen) atoms. The topological polar surface area (TPSA) is 63.6 Å². The summed E-state index contributed by atoms with van der Waals surface area (Å²) >= 11 is 0. The van der Waals surface area contributed by atoms with Crippen molar-refractivity contribution in [2.24, 2.45) is 40.4 Å². The molecule has 4 aliphatic carbocycles. The Labute approximate surface area is 169 Å². The summed E-state index contributed by atoms with van der Waals surface area (Å²) in [7, 11) is 0. The Morgan fingerprint density at radius 1 is 1.14 bits per heavy atom. The zero-order chi connectivity index (χ0) is 20.3. The van der Waals surface area contributed by atoms with Crippen molar-refractivity contribution < 1.29 is 19.4 Å². The van der Waals surface area contributed by atoms with Crippen LogP contribution >= 0.6 is 0 Å². The van der Waals surface area contributed by atoms with Crippen LogP contribution in [0.25, 0.3) is 0 Å². The van der Waals surface area contributed by atoms with Gasteiger partial charge in [-0.25, -0.2) is 0 Å². The standard InChI is InChI=1S/C24H36O4/c1-14(22(26)27)19-7-8-20-18-6-5-16-13-17(28-15(2)25)9-11-23(16,3)21(18)10-12-24(19,20)4/h5,14,17-21H,6-13H2,1-4H3,(H,26,27)/t14-,17?,18?,19?,20?,21?,23-,24+/m0/s1. The number of carbonyl (C=O) groups is 2. The van der Waals surface area contributed by atoms with Crippen LogP contribution in [0.1, 0.15) is 79.1 Å². The SMILES string of the molecule is CC(=O)OC1CC[C@@]2(C)C(=CCC3C4CCC([C@H](C)C(=O)O)[C@@]4(C)CCC32)C1. The van der Waals surface area contributed by atoms with E-state index < -0.39 is 5.97 Å². The van der Waals surface area contributed by atoms with E-state index in [-0.39, 0.29) is 28.8 Å². The Bertz CT molecular complexity index is 697. The van der Waals surface area contributed by atoms with E-state index in [1.54, 1.807) is 0 Å². The first kappa shape index (κ1) is 20.0. The summed E-state index contributed by atoms with van der Waals surface area (Å²) < 4.78 is 5.53. The highest BCUT2D eigenvalue weighted by molar-refractivity contribution is 5.70. The lowest BCUT2D eigenvalue weighted by molar-refractivity contribution is -0.148. The highest BCUT2D eigenvalue weighted by Crippen LogP contribution is 2.67. The van der Waals surface area contributed by atoms with Crippen molar-refractivity contribution >= 4 is 11.9 Å². The number of carbonyl (C=O) groups excluding carboxylic acids is 1. The predicted molar refractivity (Wildman–Crippen MR) is 108 cm³/mol. The van der Waals surface area contributed by atoms with E-state index >= 15 is 0 Å². The molecule has 4 heteroatoms. The molecular weight excluding hydrogens is 352 g/mol. The fraction of sp³-hybridized carbons (Fsp3) is 0.833. The minimum Gasteiger partial charge on any atom is -0.481 e. The third kappa shape index (κ3) is 2.93. The van der Waals surface area contributed by atoms with Crippen LogP contribution in [0.5, 0.6) is 0 Å². The van der Waals surface area contributed by atoms with Crippen LogP contribution in [0.15, 0.2) is 11.6 Å². The molecule has 156 valence electrons. The van der Waals surface area contributed by atoms with Gasteiger partial charge in [0.2, 0.25) is 0 Å². The molecule has 0 spiro atoms. The number of fused-ring (bicyclic) bond motifs is 5. The molecule has 4 rings (SSSR count). The highest BCUT2D eigenvalue weighted by atomic mass is 16.5. The molecule has 0 radical (unpaired) electrons. The Hall–Kier alpha value is -1.32. The number of carboxylic acid groups (broad SMARTS) is 1. The molecule has 0 aliphatic heterocycles. The second-order valence-corrected chi connectivity index (χ2v) is 10.6. The quantitative estimate of drug-likeness (QED) is 0.532. The third-order valence-electron chi connectivity index (χ3n) is 9.46. The van der Waals surface area contributed by atoms with Crippen LogP contribution < -0.4 is 0 Å². The number of ether oxygens (including phenoxy) is 1. The maximum Gasteiger partial charge on any atom is 0.306 e. The van der Waals surface area contributed by atoms with E-state index in [0.717, 1.165) is 38.5 Å². The first-order valence-electron chi connectivity index (χ1n) is 11.3. The molecule has 1 N–H and O–H groups in total. The summed E-state index contributed by atoms with van der Waals surface area (Å²) in [5, 5.41) is 9.62. The van der Waals surface area contributed by atoms with Gasteiger partial charge in [-0.3, -0.25) is 9.59 Å². The first-order valence-corrected chi connectivity index (χ1v) is 11.3. The number of esters is 1. The van der Waals surface area contributed by atoms with E-state index in [9.17, 15) is 14.7 Å². The van der Waals surface area contributed by atoms with Crippen molar-refractivity contribution in [3.63, 3.8) is 0 Å². The van der Waals surface area contributed by atoms with Gasteiger partial charge in [0.25, 0.3) is 0 Å². The molecule has 3 fully saturated rings. The van der Waals surface area contributed by atoms with Crippen LogP contribution in [-0.4, -0.2) is 23.1 Å². The molecule has 0 aromatic rings. The summed E-state index contributed by atoms with van der Waals surface area (Å²) in [6.45, 7) is 8.28. The van der Waals surface area contributed by atoms with Gasteiger partial charge >= 0.3 is 11.9 Å². The lowest BCUT2D eigenvalue weighted by atomic mass is 9.47. The Morgan fingerprint density at radius 2 is 1.89 bits per heavy atom. The van der Waals surface area contributed by atoms with Gasteiger partial charge in [0.15, 0.2) is 0 Å². The average molecular weight is 389 g/mol. The Morgan fingerprint density at radius 3 is 2.57 bits per heavy atom. The van der Waals surface area contributed by atoms with Gasteiger partial charge in [-0.15, -0.1) is 0 Å². The monoisotopic (exact) mass is 388 g/mol. The Balaban J connectivity index is 1.57. The van der Waals surface area contributed by atoms with Gasteiger partial charge in [-0.1, -0.05) is 32.4 Å². The maximum absolute atomic E-state index is 11.7. The summed E-state index contributed by atoms with van der Waals surface area (Å²) in [5.74, 6) is 1.31. The van der Waals surface area contributed by atoms with Gasteiger partial charge in [0.05, 0.1) is 5.92 Å². The van der Waals surface area contributed by atoms with Crippen LogP contribution in [0.2, 0.25) is 0 Å². The lowest BCUT2D eigenvalue weighted by Gasteiger charge is -2.58. The van der Waals surface area contributed by atoms with Gasteiger partial charge in [-0.05, 0) is 79.4 Å². The molecule has 4 nitrogen and oxygen atoms in total. The third-order valence-corrected chi connectivity index (χ3v) is 9.46. The van der Waals surface area contributed by atoms with Gasteiger partial charge in [0.1, 0.15) is 6.10 Å². The van der Waals surface area contributed by atoms with E-state index in [2.05, 4.69) is 19.9 Å². The number of rotatable bonds is 3. The fourth-order valence-corrected chi connectivity index (χ4v) is 8.00. The van der Waals surface area contributed by atoms with Gasteiger partial charge in [0, 0.05) is 13.3 Å². The van der Waals surface area contributed by atoms with E-state index in [1.165, 1.54) is 25.3 Å². The molecule has 3 saturated carbocycles. The van der Waals surface area contributed by atoms with Crippen LogP contribution in [-0.2, 0) is 14.3 Å². The average Bonchev–Trinajstić information content (AvgIpc) is 2.98. The van der Waals surface area contributed by atoms with Crippen molar-refractivity contribution in [2.75, 3.05) is 0 Å². The van der Waals surface area contributed by atoms with E-state index in [1.807, 2.05) is 6.92 Å². The summed E-state index contributed by atoms with van der Waals surface area (Å²) in [6, 6.07) is 0. The Kier molecular flexibility index (Phi) is 4.91. The zero-order valence-corrected chi connectivity index (χ0v) is 17.9. The minimum atomic E-state index is -0.629. The number of carboxylic acids is 1. The van der Waals surface area contributed by atoms with E-state index in [4.69, 9.17) is 4.74 Å². The van der Waals surface area contributed by atoms with E-state index in [0.29, 0.717) is 23.7 Å². The second kappa shape index (κ2) is 6.88. The fourth-order valence-electron chi connectivity index (χ4n) is 8.00. The molecule has 0 bridgehead atoms. The van der Waals surface area contributed by atoms with Gasteiger partial charge < -0.3 is 9.84 Å². The molecule has 5 unspecified atom stereocenters. The van der Waals surface area contributed by atoms with Crippen molar-refractivity contribution in [1.82, 2.24) is 0 Å². The van der Waals surface area contributed by atoms with Crippen molar-refractivity contribution in [2.45, 2.75) is 85.2 Å². The molecular formula is C24H36O4. The lowest BCUT2D eigenvalue weighted by Crippen LogP contribution is -2.51. The summed E-state index contributed by atoms with van der Waals surface area (Å²) in [4.78, 5) is 23.1. The van der Waals surface area contributed by atoms with Crippen molar-refractivity contribution in [3.05, 3.63) is 11.6 Å². The minimum absolute atomic E-state index is 0.0505. The molecule has 0 aromatic carbocycles. The molecule has 4 aliphatic rings. The number of hydrogen-bond donors (Lipinski definition) is 1. The van der Waals surface area contributed by atoms with Crippen LogP contribution in [0, 0.1) is 40.4 Å². The summed E-state index contributed by atoms with van der Waals surface area (Å²) in [6.07, 6.45) is 11.3. The largest absolute Gasteiger partial charge is 0.481 e.